The van der Waals surface area contributed by atoms with Crippen molar-refractivity contribution in [2.75, 3.05) is 0 Å². The van der Waals surface area contributed by atoms with E-state index < -0.39 is 0 Å². The van der Waals surface area contributed by atoms with Crippen molar-refractivity contribution in [3.63, 3.8) is 0 Å². The highest BCUT2D eigenvalue weighted by Gasteiger charge is 2.09. The van der Waals surface area contributed by atoms with E-state index in [-0.39, 0.29) is 11.7 Å². The van der Waals surface area contributed by atoms with Crippen LogP contribution in [0.2, 0.25) is 0 Å². The molecule has 94 valence electrons. The zero-order valence-corrected chi connectivity index (χ0v) is 11.2. The first-order valence-electron chi connectivity index (χ1n) is 5.50. The summed E-state index contributed by atoms with van der Waals surface area (Å²) in [6, 6.07) is 11.1. The molecule has 2 rings (SSSR count). The van der Waals surface area contributed by atoms with Gasteiger partial charge in [-0.2, -0.15) is 0 Å². The summed E-state index contributed by atoms with van der Waals surface area (Å²) in [5.41, 5.74) is 6.44. The van der Waals surface area contributed by atoms with E-state index in [0.717, 1.165) is 10.0 Å². The molecule has 1 heterocycles. The predicted molar refractivity (Wildman–Crippen MR) is 71.9 cm³/mol. The fourth-order valence-electron chi connectivity index (χ4n) is 1.48. The highest BCUT2D eigenvalue weighted by atomic mass is 79.9. The van der Waals surface area contributed by atoms with Gasteiger partial charge in [-0.3, -0.25) is 4.79 Å². The van der Waals surface area contributed by atoms with Crippen LogP contribution >= 0.6 is 15.9 Å². The van der Waals surface area contributed by atoms with Crippen LogP contribution in [0.15, 0.2) is 45.3 Å². The standard InChI is InChI=1S/C13H13BrN2O2/c14-10-3-1-9(2-4-10)8-16-13(17)12-6-5-11(7-15)18-12/h1-6H,7-8,15H2,(H,16,17). The molecule has 0 spiro atoms. The Morgan fingerprint density at radius 1 is 1.22 bits per heavy atom. The van der Waals surface area contributed by atoms with Crippen LogP contribution < -0.4 is 11.1 Å². The molecular weight excluding hydrogens is 296 g/mol. The predicted octanol–water partition coefficient (Wildman–Crippen LogP) is 2.43. The second-order valence-corrected chi connectivity index (χ2v) is 4.69. The first-order chi connectivity index (χ1) is 8.69. The van der Waals surface area contributed by atoms with Crippen LogP contribution in [0.4, 0.5) is 0 Å². The summed E-state index contributed by atoms with van der Waals surface area (Å²) in [4.78, 5) is 11.8. The third kappa shape index (κ3) is 3.21. The van der Waals surface area contributed by atoms with Crippen molar-refractivity contribution in [3.8, 4) is 0 Å². The highest BCUT2D eigenvalue weighted by molar-refractivity contribution is 9.10. The van der Waals surface area contributed by atoms with Gasteiger partial charge in [-0.1, -0.05) is 28.1 Å². The molecule has 18 heavy (non-hydrogen) atoms. The maximum absolute atomic E-state index is 11.8. The summed E-state index contributed by atoms with van der Waals surface area (Å²) in [6.45, 7) is 0.755. The van der Waals surface area contributed by atoms with Crippen molar-refractivity contribution in [3.05, 3.63) is 58.0 Å². The van der Waals surface area contributed by atoms with Crippen molar-refractivity contribution in [1.82, 2.24) is 5.32 Å². The minimum absolute atomic E-state index is 0.238. The number of rotatable bonds is 4. The summed E-state index contributed by atoms with van der Waals surface area (Å²) < 4.78 is 6.27. The van der Waals surface area contributed by atoms with Gasteiger partial charge in [0.2, 0.25) is 0 Å². The first kappa shape index (κ1) is 12.9. The molecule has 0 unspecified atom stereocenters. The fourth-order valence-corrected chi connectivity index (χ4v) is 1.75. The van der Waals surface area contributed by atoms with Gasteiger partial charge in [0.05, 0.1) is 6.54 Å². The Labute approximate surface area is 113 Å². The molecule has 1 aromatic carbocycles. The summed E-state index contributed by atoms with van der Waals surface area (Å²) in [6.07, 6.45) is 0. The molecule has 0 bridgehead atoms. The topological polar surface area (TPSA) is 68.3 Å². The molecule has 0 radical (unpaired) electrons. The number of benzene rings is 1. The number of hydrogen-bond acceptors (Lipinski definition) is 3. The van der Waals surface area contributed by atoms with Crippen molar-refractivity contribution in [1.29, 1.82) is 0 Å². The van der Waals surface area contributed by atoms with Crippen LogP contribution in [0.5, 0.6) is 0 Å². The minimum Gasteiger partial charge on any atom is -0.455 e. The molecule has 1 aromatic heterocycles. The maximum Gasteiger partial charge on any atom is 0.287 e. The SMILES string of the molecule is NCc1ccc(C(=O)NCc2ccc(Br)cc2)o1. The third-order valence-corrected chi connectivity index (χ3v) is 2.98. The highest BCUT2D eigenvalue weighted by Crippen LogP contribution is 2.11. The second kappa shape index (κ2) is 5.84. The smallest absolute Gasteiger partial charge is 0.287 e. The van der Waals surface area contributed by atoms with Crippen LogP contribution in [0.3, 0.4) is 0 Å². The van der Waals surface area contributed by atoms with E-state index in [1.54, 1.807) is 12.1 Å². The molecule has 0 fully saturated rings. The number of nitrogens with one attached hydrogen (secondary N) is 1. The summed E-state index contributed by atoms with van der Waals surface area (Å²) in [5.74, 6) is 0.647. The Balaban J connectivity index is 1.93. The monoisotopic (exact) mass is 308 g/mol. The quantitative estimate of drug-likeness (QED) is 0.911. The Morgan fingerprint density at radius 2 is 1.94 bits per heavy atom. The average Bonchev–Trinajstić information content (AvgIpc) is 2.86. The van der Waals surface area contributed by atoms with Gasteiger partial charge in [0.15, 0.2) is 5.76 Å². The van der Waals surface area contributed by atoms with E-state index >= 15 is 0 Å². The van der Waals surface area contributed by atoms with Crippen molar-refractivity contribution in [2.45, 2.75) is 13.1 Å². The van der Waals surface area contributed by atoms with Crippen LogP contribution in [0, 0.1) is 0 Å². The largest absolute Gasteiger partial charge is 0.455 e. The average molecular weight is 309 g/mol. The molecule has 0 aliphatic carbocycles. The number of furan rings is 1. The lowest BCUT2D eigenvalue weighted by atomic mass is 10.2. The lowest BCUT2D eigenvalue weighted by molar-refractivity contribution is 0.0921. The maximum atomic E-state index is 11.8. The van der Waals surface area contributed by atoms with E-state index in [0.29, 0.717) is 18.8 Å². The van der Waals surface area contributed by atoms with Gasteiger partial charge in [-0.05, 0) is 29.8 Å². The Hall–Kier alpha value is -1.59. The van der Waals surface area contributed by atoms with E-state index in [1.807, 2.05) is 24.3 Å². The van der Waals surface area contributed by atoms with Gasteiger partial charge < -0.3 is 15.5 Å². The number of amides is 1. The molecule has 0 saturated carbocycles. The van der Waals surface area contributed by atoms with Crippen molar-refractivity contribution < 1.29 is 9.21 Å². The second-order valence-electron chi connectivity index (χ2n) is 3.78. The van der Waals surface area contributed by atoms with Crippen LogP contribution in [-0.2, 0) is 13.1 Å². The van der Waals surface area contributed by atoms with Gasteiger partial charge in [0.1, 0.15) is 5.76 Å². The summed E-state index contributed by atoms with van der Waals surface area (Å²) >= 11 is 3.36. The Bertz CT molecular complexity index is 534. The van der Waals surface area contributed by atoms with E-state index in [1.165, 1.54) is 0 Å². The lowest BCUT2D eigenvalue weighted by Crippen LogP contribution is -2.22. The third-order valence-electron chi connectivity index (χ3n) is 2.45. The summed E-state index contributed by atoms with van der Waals surface area (Å²) in [7, 11) is 0. The molecule has 5 heteroatoms. The van der Waals surface area contributed by atoms with Crippen molar-refractivity contribution >= 4 is 21.8 Å². The number of halogens is 1. The fraction of sp³-hybridized carbons (Fsp3) is 0.154. The first-order valence-corrected chi connectivity index (χ1v) is 6.30. The number of carbonyl (C=O) groups is 1. The Kier molecular flexibility index (Phi) is 4.17. The number of carbonyl (C=O) groups excluding carboxylic acids is 1. The van der Waals surface area contributed by atoms with Crippen LogP contribution in [0.1, 0.15) is 21.9 Å². The molecule has 0 saturated heterocycles. The van der Waals surface area contributed by atoms with Crippen molar-refractivity contribution in [2.24, 2.45) is 5.73 Å². The zero-order valence-electron chi connectivity index (χ0n) is 9.65. The molecule has 0 aliphatic rings. The Morgan fingerprint density at radius 3 is 2.56 bits per heavy atom. The van der Waals surface area contributed by atoms with Gasteiger partial charge in [-0.25, -0.2) is 0 Å². The zero-order chi connectivity index (χ0) is 13.0. The van der Waals surface area contributed by atoms with E-state index in [9.17, 15) is 4.79 Å². The number of nitrogens with two attached hydrogens (primary N) is 1. The van der Waals surface area contributed by atoms with Gasteiger partial charge in [0.25, 0.3) is 5.91 Å². The van der Waals surface area contributed by atoms with Crippen LogP contribution in [0.25, 0.3) is 0 Å². The molecule has 1 amide bonds. The molecule has 0 atom stereocenters. The minimum atomic E-state index is -0.238. The number of hydrogen-bond donors (Lipinski definition) is 2. The summed E-state index contributed by atoms with van der Waals surface area (Å²) in [5, 5.41) is 2.78. The van der Waals surface area contributed by atoms with Gasteiger partial charge >= 0.3 is 0 Å². The normalized spacial score (nSPS) is 10.3. The molecule has 3 N–H and O–H groups in total. The lowest BCUT2D eigenvalue weighted by Gasteiger charge is -2.03. The van der Waals surface area contributed by atoms with E-state index in [2.05, 4.69) is 21.2 Å². The van der Waals surface area contributed by atoms with Gasteiger partial charge in [0, 0.05) is 11.0 Å². The molecular formula is C13H13BrN2O2. The van der Waals surface area contributed by atoms with Crippen LogP contribution in [-0.4, -0.2) is 5.91 Å². The molecule has 4 nitrogen and oxygen atoms in total. The van der Waals surface area contributed by atoms with E-state index in [4.69, 9.17) is 10.2 Å². The van der Waals surface area contributed by atoms with Gasteiger partial charge in [-0.15, -0.1) is 0 Å². The molecule has 2 aromatic rings. The molecule has 0 aliphatic heterocycles.